The Labute approximate surface area is 211 Å². The predicted molar refractivity (Wildman–Crippen MR) is 143 cm³/mol. The highest BCUT2D eigenvalue weighted by molar-refractivity contribution is 9.10. The fourth-order valence-electron chi connectivity index (χ4n) is 3.76. The topological polar surface area (TPSA) is 76.1 Å². The number of ether oxygens (including phenoxy) is 1. The first-order valence-corrected chi connectivity index (χ1v) is 11.7. The molecule has 1 amide bonds. The number of fused-ring (bicyclic) bond motifs is 1. The molecule has 0 aliphatic carbocycles. The number of amides is 1. The van der Waals surface area contributed by atoms with Gasteiger partial charge in [0.1, 0.15) is 5.75 Å². The average Bonchev–Trinajstić information content (AvgIpc) is 2.89. The van der Waals surface area contributed by atoms with Gasteiger partial charge in [0.15, 0.2) is 0 Å². The summed E-state index contributed by atoms with van der Waals surface area (Å²) in [4.78, 5) is 22.6. The summed E-state index contributed by atoms with van der Waals surface area (Å²) in [6.45, 7) is 0. The third kappa shape index (κ3) is 5.00. The van der Waals surface area contributed by atoms with Crippen molar-refractivity contribution in [2.24, 2.45) is 0 Å². The second kappa shape index (κ2) is 9.95. The van der Waals surface area contributed by atoms with Crippen molar-refractivity contribution >= 4 is 50.1 Å². The summed E-state index contributed by atoms with van der Waals surface area (Å²) in [5.74, 6) is 0.884. The van der Waals surface area contributed by atoms with E-state index >= 15 is 0 Å². The lowest BCUT2D eigenvalue weighted by Crippen LogP contribution is -2.14. The molecule has 4 aromatic carbocycles. The summed E-state index contributed by atoms with van der Waals surface area (Å²) >= 11 is 3.55. The Balaban J connectivity index is 1.50. The molecule has 0 atom stereocenters. The van der Waals surface area contributed by atoms with Crippen molar-refractivity contribution in [3.05, 3.63) is 107 Å². The van der Waals surface area contributed by atoms with E-state index in [1.54, 1.807) is 37.4 Å². The van der Waals surface area contributed by atoms with Crippen molar-refractivity contribution < 1.29 is 9.53 Å². The summed E-state index contributed by atoms with van der Waals surface area (Å²) in [7, 11) is 1.60. The summed E-state index contributed by atoms with van der Waals surface area (Å²) in [6, 6.07) is 30.3. The SMILES string of the molecule is COc1ccc(NC(=O)c2ccccc2Nc2nc(-c3ccccc3)c3cc(Br)ccc3n2)cc1. The van der Waals surface area contributed by atoms with E-state index in [-0.39, 0.29) is 5.91 Å². The molecule has 0 spiro atoms. The second-order valence-corrected chi connectivity index (χ2v) is 8.69. The zero-order valence-corrected chi connectivity index (χ0v) is 20.4. The van der Waals surface area contributed by atoms with Gasteiger partial charge in [-0.05, 0) is 54.6 Å². The van der Waals surface area contributed by atoms with Crippen molar-refractivity contribution in [2.45, 2.75) is 0 Å². The highest BCUT2D eigenvalue weighted by Gasteiger charge is 2.15. The van der Waals surface area contributed by atoms with Crippen molar-refractivity contribution in [3.8, 4) is 17.0 Å². The van der Waals surface area contributed by atoms with Gasteiger partial charge >= 0.3 is 0 Å². The first-order valence-electron chi connectivity index (χ1n) is 10.9. The lowest BCUT2D eigenvalue weighted by atomic mass is 10.1. The number of hydrogen-bond acceptors (Lipinski definition) is 5. The zero-order valence-electron chi connectivity index (χ0n) is 18.8. The van der Waals surface area contributed by atoms with E-state index in [2.05, 4.69) is 26.6 Å². The smallest absolute Gasteiger partial charge is 0.257 e. The van der Waals surface area contributed by atoms with Crippen LogP contribution in [0.4, 0.5) is 17.3 Å². The quantitative estimate of drug-likeness (QED) is 0.248. The van der Waals surface area contributed by atoms with Crippen LogP contribution < -0.4 is 15.4 Å². The van der Waals surface area contributed by atoms with Gasteiger partial charge in [0.25, 0.3) is 5.91 Å². The Morgan fingerprint density at radius 1 is 0.857 bits per heavy atom. The van der Waals surface area contributed by atoms with Gasteiger partial charge in [0.05, 0.1) is 29.6 Å². The van der Waals surface area contributed by atoms with E-state index in [4.69, 9.17) is 14.7 Å². The van der Waals surface area contributed by atoms with Gasteiger partial charge in [0.2, 0.25) is 5.95 Å². The number of para-hydroxylation sites is 1. The Bertz CT molecular complexity index is 1510. The molecule has 1 aromatic heterocycles. The van der Waals surface area contributed by atoms with Gasteiger partial charge < -0.3 is 15.4 Å². The number of hydrogen-bond donors (Lipinski definition) is 2. The minimum absolute atomic E-state index is 0.244. The summed E-state index contributed by atoms with van der Waals surface area (Å²) < 4.78 is 6.13. The minimum Gasteiger partial charge on any atom is -0.497 e. The lowest BCUT2D eigenvalue weighted by molar-refractivity contribution is 0.102. The van der Waals surface area contributed by atoms with Crippen molar-refractivity contribution in [2.75, 3.05) is 17.7 Å². The summed E-state index contributed by atoms with van der Waals surface area (Å²) in [5, 5.41) is 7.12. The number of carbonyl (C=O) groups excluding carboxylic acids is 1. The molecular weight excluding hydrogens is 504 g/mol. The van der Waals surface area contributed by atoms with Crippen LogP contribution in [0.1, 0.15) is 10.4 Å². The van der Waals surface area contributed by atoms with E-state index in [0.717, 1.165) is 32.4 Å². The van der Waals surface area contributed by atoms with E-state index in [1.807, 2.05) is 66.7 Å². The van der Waals surface area contributed by atoms with Crippen LogP contribution in [-0.4, -0.2) is 23.0 Å². The molecule has 0 saturated heterocycles. The molecule has 0 aliphatic rings. The number of aromatic nitrogens is 2. The number of benzene rings is 4. The molecular formula is C28H21BrN4O2. The van der Waals surface area contributed by atoms with Gasteiger partial charge in [-0.3, -0.25) is 4.79 Å². The zero-order chi connectivity index (χ0) is 24.2. The first-order chi connectivity index (χ1) is 17.1. The number of nitrogens with one attached hydrogen (secondary N) is 2. The summed E-state index contributed by atoms with van der Waals surface area (Å²) in [5.41, 5.74) is 4.33. The van der Waals surface area contributed by atoms with Crippen molar-refractivity contribution in [1.29, 1.82) is 0 Å². The van der Waals surface area contributed by atoms with E-state index in [0.29, 0.717) is 22.9 Å². The molecule has 1 heterocycles. The number of methoxy groups -OCH3 is 1. The fourth-order valence-corrected chi connectivity index (χ4v) is 4.12. The molecule has 0 radical (unpaired) electrons. The monoisotopic (exact) mass is 524 g/mol. The standard InChI is InChI=1S/C28H21BrN4O2/c1-35-21-14-12-20(13-15-21)30-27(34)22-9-5-6-10-24(22)31-28-32-25-16-11-19(29)17-23(25)26(33-28)18-7-3-2-4-8-18/h2-17H,1H3,(H,30,34)(H,31,32,33). The molecule has 0 bridgehead atoms. The molecule has 2 N–H and O–H groups in total. The number of carbonyl (C=O) groups is 1. The number of nitrogens with zero attached hydrogens (tertiary/aromatic N) is 2. The predicted octanol–water partition coefficient (Wildman–Crippen LogP) is 7.06. The van der Waals surface area contributed by atoms with Gasteiger partial charge in [-0.25, -0.2) is 9.97 Å². The number of rotatable bonds is 6. The van der Waals surface area contributed by atoms with Crippen LogP contribution in [0.3, 0.4) is 0 Å². The van der Waals surface area contributed by atoms with Gasteiger partial charge in [0, 0.05) is 21.1 Å². The molecule has 0 saturated carbocycles. The molecule has 35 heavy (non-hydrogen) atoms. The van der Waals surface area contributed by atoms with Crippen molar-refractivity contribution in [1.82, 2.24) is 9.97 Å². The Morgan fingerprint density at radius 3 is 2.37 bits per heavy atom. The molecule has 172 valence electrons. The Hall–Kier alpha value is -4.23. The van der Waals surface area contributed by atoms with Crippen LogP contribution in [0.2, 0.25) is 0 Å². The Morgan fingerprint density at radius 2 is 1.60 bits per heavy atom. The Kier molecular flexibility index (Phi) is 6.41. The van der Waals surface area contributed by atoms with Crippen LogP contribution in [0.5, 0.6) is 5.75 Å². The highest BCUT2D eigenvalue weighted by Crippen LogP contribution is 2.31. The third-order valence-electron chi connectivity index (χ3n) is 5.47. The average molecular weight is 525 g/mol. The van der Waals surface area contributed by atoms with E-state index in [9.17, 15) is 4.79 Å². The highest BCUT2D eigenvalue weighted by atomic mass is 79.9. The van der Waals surface area contributed by atoms with Crippen LogP contribution in [-0.2, 0) is 0 Å². The minimum atomic E-state index is -0.244. The fraction of sp³-hybridized carbons (Fsp3) is 0.0357. The summed E-state index contributed by atoms with van der Waals surface area (Å²) in [6.07, 6.45) is 0. The van der Waals surface area contributed by atoms with E-state index in [1.165, 1.54) is 0 Å². The van der Waals surface area contributed by atoms with E-state index < -0.39 is 0 Å². The van der Waals surface area contributed by atoms with Crippen LogP contribution in [0, 0.1) is 0 Å². The maximum atomic E-state index is 13.1. The lowest BCUT2D eigenvalue weighted by Gasteiger charge is -2.14. The maximum absolute atomic E-state index is 13.1. The molecule has 0 unspecified atom stereocenters. The molecule has 0 fully saturated rings. The molecule has 5 rings (SSSR count). The molecule has 6 nitrogen and oxygen atoms in total. The molecule has 5 aromatic rings. The normalized spacial score (nSPS) is 10.7. The van der Waals surface area contributed by atoms with Crippen LogP contribution >= 0.6 is 15.9 Å². The van der Waals surface area contributed by atoms with Gasteiger partial charge in [-0.1, -0.05) is 58.4 Å². The van der Waals surface area contributed by atoms with Gasteiger partial charge in [-0.2, -0.15) is 0 Å². The van der Waals surface area contributed by atoms with Crippen LogP contribution in [0.25, 0.3) is 22.2 Å². The third-order valence-corrected chi connectivity index (χ3v) is 5.96. The second-order valence-electron chi connectivity index (χ2n) is 7.78. The number of anilines is 3. The van der Waals surface area contributed by atoms with Crippen molar-refractivity contribution in [3.63, 3.8) is 0 Å². The largest absolute Gasteiger partial charge is 0.497 e. The maximum Gasteiger partial charge on any atom is 0.257 e. The van der Waals surface area contributed by atoms with Gasteiger partial charge in [-0.15, -0.1) is 0 Å². The molecule has 0 aliphatic heterocycles. The number of halogens is 1. The van der Waals surface area contributed by atoms with Crippen LogP contribution in [0.15, 0.2) is 102 Å². The first kappa shape index (κ1) is 22.6. The molecule has 7 heteroatoms.